The molecule has 1 fully saturated rings. The third kappa shape index (κ3) is 5.21. The maximum absolute atomic E-state index is 11.7. The molecule has 3 heteroatoms. The lowest BCUT2D eigenvalue weighted by Crippen LogP contribution is -2.34. The Morgan fingerprint density at radius 2 is 2.23 bits per heavy atom. The van der Waals surface area contributed by atoms with Gasteiger partial charge in [-0.05, 0) is 32.2 Å². The van der Waals surface area contributed by atoms with Crippen molar-refractivity contribution in [2.75, 3.05) is 26.4 Å². The van der Waals surface area contributed by atoms with E-state index in [2.05, 4.69) is 5.32 Å². The monoisotopic (exact) mass is 189 g/mol. The molecule has 1 unspecified atom stereocenters. The Balaban J connectivity index is 1.86. The van der Waals surface area contributed by atoms with Gasteiger partial charge in [-0.3, -0.25) is 4.39 Å². The van der Waals surface area contributed by atoms with E-state index in [4.69, 9.17) is 4.74 Å². The first-order valence-corrected chi connectivity index (χ1v) is 5.30. The van der Waals surface area contributed by atoms with Crippen molar-refractivity contribution < 1.29 is 9.13 Å². The Morgan fingerprint density at radius 3 is 2.92 bits per heavy atom. The minimum Gasteiger partial charge on any atom is -0.381 e. The normalized spacial score (nSPS) is 23.3. The summed E-state index contributed by atoms with van der Waals surface area (Å²) in [6.07, 6.45) is 5.53. The van der Waals surface area contributed by atoms with Gasteiger partial charge in [0.1, 0.15) is 0 Å². The molecule has 1 N–H and O–H groups in total. The van der Waals surface area contributed by atoms with Crippen LogP contribution in [-0.4, -0.2) is 32.5 Å². The molecule has 0 saturated carbocycles. The van der Waals surface area contributed by atoms with Gasteiger partial charge in [0, 0.05) is 19.3 Å². The molecule has 2 nitrogen and oxygen atoms in total. The Bertz CT molecular complexity index is 115. The van der Waals surface area contributed by atoms with Gasteiger partial charge in [-0.15, -0.1) is 0 Å². The summed E-state index contributed by atoms with van der Waals surface area (Å²) in [6.45, 7) is 2.23. The Labute approximate surface area is 79.8 Å². The highest BCUT2D eigenvalue weighted by molar-refractivity contribution is 4.71. The number of hydrogen-bond donors (Lipinski definition) is 1. The fraction of sp³-hybridized carbons (Fsp3) is 1.00. The second kappa shape index (κ2) is 7.27. The van der Waals surface area contributed by atoms with Crippen LogP contribution in [0.3, 0.4) is 0 Å². The van der Waals surface area contributed by atoms with Crippen molar-refractivity contribution in [3.63, 3.8) is 0 Å². The molecule has 1 rings (SSSR count). The van der Waals surface area contributed by atoms with E-state index in [0.29, 0.717) is 19.1 Å². The van der Waals surface area contributed by atoms with Crippen LogP contribution in [0.2, 0.25) is 0 Å². The van der Waals surface area contributed by atoms with Gasteiger partial charge < -0.3 is 10.1 Å². The highest BCUT2D eigenvalue weighted by Crippen LogP contribution is 2.09. The van der Waals surface area contributed by atoms with Crippen molar-refractivity contribution in [1.82, 2.24) is 5.32 Å². The van der Waals surface area contributed by atoms with E-state index in [9.17, 15) is 4.39 Å². The highest BCUT2D eigenvalue weighted by atomic mass is 19.1. The van der Waals surface area contributed by atoms with Crippen LogP contribution in [0.5, 0.6) is 0 Å². The van der Waals surface area contributed by atoms with Gasteiger partial charge in [-0.25, -0.2) is 0 Å². The highest BCUT2D eigenvalue weighted by Gasteiger charge is 2.11. The number of alkyl halides is 1. The van der Waals surface area contributed by atoms with Crippen molar-refractivity contribution in [2.24, 2.45) is 0 Å². The smallest absolute Gasteiger partial charge is 0.0916 e. The lowest BCUT2D eigenvalue weighted by Gasteiger charge is -2.23. The van der Waals surface area contributed by atoms with Gasteiger partial charge in [0.25, 0.3) is 0 Å². The Hall–Kier alpha value is -0.150. The molecule has 1 atom stereocenters. The molecular formula is C10H20FNO. The fourth-order valence-corrected chi connectivity index (χ4v) is 1.65. The van der Waals surface area contributed by atoms with E-state index < -0.39 is 0 Å². The molecular weight excluding hydrogens is 169 g/mol. The summed E-state index contributed by atoms with van der Waals surface area (Å²) in [5, 5.41) is 3.46. The summed E-state index contributed by atoms with van der Waals surface area (Å²) in [5.74, 6) is 0. The second-order valence-electron chi connectivity index (χ2n) is 3.59. The number of ether oxygens (including phenoxy) is 1. The van der Waals surface area contributed by atoms with Crippen molar-refractivity contribution in [3.8, 4) is 0 Å². The minimum absolute atomic E-state index is 0.262. The lowest BCUT2D eigenvalue weighted by atomic mass is 10.0. The van der Waals surface area contributed by atoms with Gasteiger partial charge in [0.2, 0.25) is 0 Å². The van der Waals surface area contributed by atoms with Crippen LogP contribution in [0, 0.1) is 0 Å². The van der Waals surface area contributed by atoms with Crippen molar-refractivity contribution >= 4 is 0 Å². The maximum atomic E-state index is 11.7. The van der Waals surface area contributed by atoms with Crippen molar-refractivity contribution in [1.29, 1.82) is 0 Å². The summed E-state index contributed by atoms with van der Waals surface area (Å²) in [6, 6.07) is 0.638. The third-order valence-corrected chi connectivity index (χ3v) is 2.45. The van der Waals surface area contributed by atoms with Crippen LogP contribution in [0.25, 0.3) is 0 Å². The van der Waals surface area contributed by atoms with Crippen LogP contribution in [0.15, 0.2) is 0 Å². The van der Waals surface area contributed by atoms with E-state index >= 15 is 0 Å². The average molecular weight is 189 g/mol. The largest absolute Gasteiger partial charge is 0.381 e. The molecule has 0 aliphatic carbocycles. The quantitative estimate of drug-likeness (QED) is 0.644. The zero-order valence-electron chi connectivity index (χ0n) is 8.23. The predicted molar refractivity (Wildman–Crippen MR) is 51.7 cm³/mol. The van der Waals surface area contributed by atoms with E-state index in [1.165, 1.54) is 19.3 Å². The van der Waals surface area contributed by atoms with Crippen LogP contribution < -0.4 is 5.32 Å². The molecule has 1 aliphatic rings. The fourth-order valence-electron chi connectivity index (χ4n) is 1.65. The summed E-state index contributed by atoms with van der Waals surface area (Å²) in [5.41, 5.74) is 0. The standard InChI is InChI=1S/C10H20FNO/c11-6-3-8-13-9-5-10-4-1-2-7-12-10/h10,12H,1-9H2. The number of rotatable bonds is 6. The summed E-state index contributed by atoms with van der Waals surface area (Å²) >= 11 is 0. The number of hydrogen-bond acceptors (Lipinski definition) is 2. The molecule has 13 heavy (non-hydrogen) atoms. The number of nitrogens with one attached hydrogen (secondary N) is 1. The van der Waals surface area contributed by atoms with Gasteiger partial charge in [0.15, 0.2) is 0 Å². The van der Waals surface area contributed by atoms with Crippen LogP contribution in [0.4, 0.5) is 4.39 Å². The van der Waals surface area contributed by atoms with Crippen molar-refractivity contribution in [2.45, 2.75) is 38.1 Å². The first-order valence-electron chi connectivity index (χ1n) is 5.30. The van der Waals surface area contributed by atoms with Crippen LogP contribution >= 0.6 is 0 Å². The van der Waals surface area contributed by atoms with Gasteiger partial charge in [-0.1, -0.05) is 6.42 Å². The topological polar surface area (TPSA) is 21.3 Å². The predicted octanol–water partition coefficient (Wildman–Crippen LogP) is 1.89. The molecule has 78 valence electrons. The summed E-state index contributed by atoms with van der Waals surface area (Å²) < 4.78 is 17.0. The minimum atomic E-state index is -0.262. The molecule has 0 radical (unpaired) electrons. The van der Waals surface area contributed by atoms with E-state index in [1.807, 2.05) is 0 Å². The number of piperidine rings is 1. The first-order chi connectivity index (χ1) is 6.43. The lowest BCUT2D eigenvalue weighted by molar-refractivity contribution is 0.114. The molecule has 1 aliphatic heterocycles. The molecule has 1 saturated heterocycles. The molecule has 0 aromatic carbocycles. The first kappa shape index (κ1) is 10.9. The molecule has 0 aromatic heterocycles. The third-order valence-electron chi connectivity index (χ3n) is 2.45. The zero-order valence-corrected chi connectivity index (χ0v) is 8.23. The van der Waals surface area contributed by atoms with Gasteiger partial charge in [0.05, 0.1) is 6.67 Å². The van der Waals surface area contributed by atoms with Crippen LogP contribution in [-0.2, 0) is 4.74 Å². The van der Waals surface area contributed by atoms with E-state index in [1.54, 1.807) is 0 Å². The summed E-state index contributed by atoms with van der Waals surface area (Å²) in [4.78, 5) is 0. The molecule has 1 heterocycles. The Kier molecular flexibility index (Phi) is 6.11. The summed E-state index contributed by atoms with van der Waals surface area (Å²) in [7, 11) is 0. The van der Waals surface area contributed by atoms with E-state index in [-0.39, 0.29) is 6.67 Å². The molecule has 0 bridgehead atoms. The SMILES string of the molecule is FCCCOCCC1CCCCN1. The molecule has 0 aromatic rings. The second-order valence-corrected chi connectivity index (χ2v) is 3.59. The Morgan fingerprint density at radius 1 is 1.31 bits per heavy atom. The maximum Gasteiger partial charge on any atom is 0.0916 e. The molecule has 0 spiro atoms. The zero-order chi connectivity index (χ0) is 9.36. The number of halogens is 1. The van der Waals surface area contributed by atoms with Gasteiger partial charge >= 0.3 is 0 Å². The molecule has 0 amide bonds. The van der Waals surface area contributed by atoms with E-state index in [0.717, 1.165) is 19.6 Å². The van der Waals surface area contributed by atoms with Crippen molar-refractivity contribution in [3.05, 3.63) is 0 Å². The average Bonchev–Trinajstić information content (AvgIpc) is 2.19. The van der Waals surface area contributed by atoms with Gasteiger partial charge in [-0.2, -0.15) is 0 Å². The van der Waals surface area contributed by atoms with Crippen LogP contribution in [0.1, 0.15) is 32.1 Å².